The second-order valence-corrected chi connectivity index (χ2v) is 4.74. The quantitative estimate of drug-likeness (QED) is 0.673. The number of aliphatic hydroxyl groups excluding tert-OH is 1. The van der Waals surface area contributed by atoms with Gasteiger partial charge in [0.1, 0.15) is 0 Å². The van der Waals surface area contributed by atoms with Crippen LogP contribution >= 0.6 is 0 Å². The maximum atomic E-state index is 11.2. The van der Waals surface area contributed by atoms with Crippen LogP contribution in [0.2, 0.25) is 0 Å². The third-order valence-corrected chi connectivity index (χ3v) is 3.12. The number of aromatic carboxylic acids is 1. The first-order valence-electron chi connectivity index (χ1n) is 7.02. The first-order valence-corrected chi connectivity index (χ1v) is 7.02. The Morgan fingerprint density at radius 1 is 1.16 bits per heavy atom. The molecule has 4 nitrogen and oxygen atoms in total. The SMILES string of the molecule is CCCCCCc1nc(CCCO)ccc1C(=O)O. The van der Waals surface area contributed by atoms with Crippen LogP contribution in [-0.2, 0) is 12.8 Å². The Morgan fingerprint density at radius 3 is 2.58 bits per heavy atom. The summed E-state index contributed by atoms with van der Waals surface area (Å²) in [5.74, 6) is -0.910. The lowest BCUT2D eigenvalue weighted by atomic mass is 10.0. The van der Waals surface area contributed by atoms with Crippen molar-refractivity contribution < 1.29 is 15.0 Å². The van der Waals surface area contributed by atoms with E-state index in [9.17, 15) is 4.79 Å². The highest BCUT2D eigenvalue weighted by Gasteiger charge is 2.12. The minimum absolute atomic E-state index is 0.133. The highest BCUT2D eigenvalue weighted by Crippen LogP contribution is 2.13. The van der Waals surface area contributed by atoms with Crippen LogP contribution < -0.4 is 0 Å². The molecule has 0 bridgehead atoms. The van der Waals surface area contributed by atoms with Crippen LogP contribution in [0.3, 0.4) is 0 Å². The molecule has 0 unspecified atom stereocenters. The normalized spacial score (nSPS) is 10.6. The number of rotatable bonds is 9. The molecule has 0 fully saturated rings. The molecule has 0 aliphatic heterocycles. The lowest BCUT2D eigenvalue weighted by Crippen LogP contribution is -2.07. The van der Waals surface area contributed by atoms with Crippen LogP contribution in [-0.4, -0.2) is 27.8 Å². The monoisotopic (exact) mass is 265 g/mol. The smallest absolute Gasteiger partial charge is 0.337 e. The van der Waals surface area contributed by atoms with Crippen LogP contribution in [0.15, 0.2) is 12.1 Å². The summed E-state index contributed by atoms with van der Waals surface area (Å²) in [6, 6.07) is 3.38. The lowest BCUT2D eigenvalue weighted by Gasteiger charge is -2.08. The molecule has 1 rings (SSSR count). The summed E-state index contributed by atoms with van der Waals surface area (Å²) in [5, 5.41) is 18.0. The number of carbonyl (C=O) groups is 1. The molecule has 1 aromatic heterocycles. The highest BCUT2D eigenvalue weighted by molar-refractivity contribution is 5.88. The molecule has 0 amide bonds. The van der Waals surface area contributed by atoms with E-state index in [2.05, 4.69) is 11.9 Å². The van der Waals surface area contributed by atoms with Crippen LogP contribution in [0.5, 0.6) is 0 Å². The minimum Gasteiger partial charge on any atom is -0.478 e. The van der Waals surface area contributed by atoms with Crippen molar-refractivity contribution in [1.82, 2.24) is 4.98 Å². The number of pyridine rings is 1. The summed E-state index contributed by atoms with van der Waals surface area (Å²) in [7, 11) is 0. The summed E-state index contributed by atoms with van der Waals surface area (Å²) in [5.41, 5.74) is 1.85. The second kappa shape index (κ2) is 8.64. The molecule has 0 saturated heterocycles. The summed E-state index contributed by atoms with van der Waals surface area (Å²) in [6.07, 6.45) is 6.49. The predicted octanol–water partition coefficient (Wildman–Crippen LogP) is 2.83. The fourth-order valence-electron chi connectivity index (χ4n) is 2.05. The summed E-state index contributed by atoms with van der Waals surface area (Å²) in [6.45, 7) is 2.28. The Balaban J connectivity index is 2.74. The van der Waals surface area contributed by atoms with E-state index in [-0.39, 0.29) is 6.61 Å². The van der Waals surface area contributed by atoms with Gasteiger partial charge in [-0.1, -0.05) is 26.2 Å². The van der Waals surface area contributed by atoms with Gasteiger partial charge in [-0.2, -0.15) is 0 Å². The second-order valence-electron chi connectivity index (χ2n) is 4.74. The maximum absolute atomic E-state index is 11.2. The average Bonchev–Trinajstić information content (AvgIpc) is 2.41. The van der Waals surface area contributed by atoms with E-state index in [0.29, 0.717) is 30.5 Å². The average molecular weight is 265 g/mol. The van der Waals surface area contributed by atoms with E-state index < -0.39 is 5.97 Å². The van der Waals surface area contributed by atoms with Crippen molar-refractivity contribution in [1.29, 1.82) is 0 Å². The van der Waals surface area contributed by atoms with Crippen LogP contribution in [0.4, 0.5) is 0 Å². The Kier molecular flexibility index (Phi) is 7.11. The van der Waals surface area contributed by atoms with Crippen molar-refractivity contribution in [2.75, 3.05) is 6.61 Å². The van der Waals surface area contributed by atoms with Gasteiger partial charge in [0.2, 0.25) is 0 Å². The minimum atomic E-state index is -0.910. The van der Waals surface area contributed by atoms with Gasteiger partial charge in [0, 0.05) is 12.3 Å². The van der Waals surface area contributed by atoms with Gasteiger partial charge >= 0.3 is 5.97 Å². The molecule has 2 N–H and O–H groups in total. The summed E-state index contributed by atoms with van der Waals surface area (Å²) >= 11 is 0. The number of carboxylic acid groups (broad SMARTS) is 1. The van der Waals surface area contributed by atoms with Gasteiger partial charge in [-0.25, -0.2) is 4.79 Å². The van der Waals surface area contributed by atoms with Crippen molar-refractivity contribution in [2.45, 2.75) is 51.9 Å². The molecular formula is C15H23NO3. The fourth-order valence-corrected chi connectivity index (χ4v) is 2.05. The predicted molar refractivity (Wildman–Crippen MR) is 74.4 cm³/mol. The lowest BCUT2D eigenvalue weighted by molar-refractivity contribution is 0.0695. The molecular weight excluding hydrogens is 242 g/mol. The number of unbranched alkanes of at least 4 members (excludes halogenated alkanes) is 3. The van der Waals surface area contributed by atoms with Crippen LogP contribution in [0.1, 0.15) is 60.8 Å². The zero-order chi connectivity index (χ0) is 14.1. The topological polar surface area (TPSA) is 70.4 Å². The van der Waals surface area contributed by atoms with Gasteiger partial charge in [-0.15, -0.1) is 0 Å². The van der Waals surface area contributed by atoms with E-state index in [1.54, 1.807) is 12.1 Å². The molecule has 1 aromatic rings. The van der Waals surface area contributed by atoms with Crippen molar-refractivity contribution in [3.63, 3.8) is 0 Å². The van der Waals surface area contributed by atoms with Crippen molar-refractivity contribution >= 4 is 5.97 Å². The Labute approximate surface area is 114 Å². The summed E-state index contributed by atoms with van der Waals surface area (Å²) < 4.78 is 0. The largest absolute Gasteiger partial charge is 0.478 e. The number of hydrogen-bond donors (Lipinski definition) is 2. The molecule has 0 atom stereocenters. The van der Waals surface area contributed by atoms with Gasteiger partial charge in [-0.05, 0) is 37.8 Å². The molecule has 0 spiro atoms. The molecule has 19 heavy (non-hydrogen) atoms. The maximum Gasteiger partial charge on any atom is 0.337 e. The van der Waals surface area contributed by atoms with E-state index in [1.807, 2.05) is 0 Å². The van der Waals surface area contributed by atoms with E-state index in [1.165, 1.54) is 6.42 Å². The number of hydrogen-bond acceptors (Lipinski definition) is 3. The number of aromatic nitrogens is 1. The third-order valence-electron chi connectivity index (χ3n) is 3.12. The molecule has 0 saturated carbocycles. The standard InChI is InChI=1S/C15H23NO3/c1-2-3-4-5-8-14-13(15(18)19)10-9-12(16-14)7-6-11-17/h9-10,17H,2-8,11H2,1H3,(H,18,19). The van der Waals surface area contributed by atoms with Gasteiger partial charge in [-0.3, -0.25) is 4.98 Å². The molecule has 0 radical (unpaired) electrons. The van der Waals surface area contributed by atoms with Gasteiger partial charge in [0.15, 0.2) is 0 Å². The molecule has 0 aromatic carbocycles. The fraction of sp³-hybridized carbons (Fsp3) is 0.600. The highest BCUT2D eigenvalue weighted by atomic mass is 16.4. The molecule has 4 heteroatoms. The Bertz CT molecular complexity index is 404. The molecule has 0 aliphatic rings. The van der Waals surface area contributed by atoms with Crippen molar-refractivity contribution in [3.8, 4) is 0 Å². The van der Waals surface area contributed by atoms with Crippen molar-refractivity contribution in [3.05, 3.63) is 29.1 Å². The van der Waals surface area contributed by atoms with E-state index in [4.69, 9.17) is 10.2 Å². The van der Waals surface area contributed by atoms with Crippen LogP contribution in [0.25, 0.3) is 0 Å². The number of nitrogens with zero attached hydrogens (tertiary/aromatic N) is 1. The third kappa shape index (κ3) is 5.39. The van der Waals surface area contributed by atoms with Gasteiger partial charge in [0.25, 0.3) is 0 Å². The molecule has 106 valence electrons. The van der Waals surface area contributed by atoms with E-state index in [0.717, 1.165) is 25.0 Å². The zero-order valence-corrected chi connectivity index (χ0v) is 11.6. The van der Waals surface area contributed by atoms with Gasteiger partial charge in [0.05, 0.1) is 11.3 Å². The summed E-state index contributed by atoms with van der Waals surface area (Å²) in [4.78, 5) is 15.6. The first-order chi connectivity index (χ1) is 9.19. The number of aryl methyl sites for hydroxylation is 2. The Hall–Kier alpha value is -1.42. The molecule has 1 heterocycles. The van der Waals surface area contributed by atoms with Crippen molar-refractivity contribution in [2.24, 2.45) is 0 Å². The zero-order valence-electron chi connectivity index (χ0n) is 11.6. The Morgan fingerprint density at radius 2 is 1.95 bits per heavy atom. The van der Waals surface area contributed by atoms with Gasteiger partial charge < -0.3 is 10.2 Å². The number of carboxylic acids is 1. The molecule has 0 aliphatic carbocycles. The number of aliphatic hydroxyl groups is 1. The van der Waals surface area contributed by atoms with E-state index >= 15 is 0 Å². The first kappa shape index (κ1) is 15.6. The van der Waals surface area contributed by atoms with Crippen LogP contribution in [0, 0.1) is 0 Å².